The van der Waals surface area contributed by atoms with E-state index in [4.69, 9.17) is 16.3 Å². The minimum absolute atomic E-state index is 0.240. The molecule has 0 saturated heterocycles. The fourth-order valence-electron chi connectivity index (χ4n) is 7.93. The lowest BCUT2D eigenvalue weighted by Crippen LogP contribution is -2.28. The zero-order valence-electron chi connectivity index (χ0n) is 24.4. The van der Waals surface area contributed by atoms with Crippen molar-refractivity contribution in [3.63, 3.8) is 0 Å². The van der Waals surface area contributed by atoms with Gasteiger partial charge < -0.3 is 4.74 Å². The molecule has 3 aliphatic carbocycles. The van der Waals surface area contributed by atoms with Crippen LogP contribution in [0.15, 0.2) is 18.2 Å². The predicted molar refractivity (Wildman–Crippen MR) is 161 cm³/mol. The Hall–Kier alpha value is -1.02. The fraction of sp³-hybridized carbons (Fsp3) is 0.771. The van der Waals surface area contributed by atoms with Crippen LogP contribution in [0.25, 0.3) is 5.57 Å². The first-order valence-electron chi connectivity index (χ1n) is 16.4. The molecule has 2 saturated carbocycles. The molecule has 0 aliphatic heterocycles. The van der Waals surface area contributed by atoms with Crippen LogP contribution in [-0.2, 0) is 0 Å². The van der Waals surface area contributed by atoms with Crippen LogP contribution in [0.5, 0.6) is 5.75 Å². The van der Waals surface area contributed by atoms with Crippen LogP contribution in [0.3, 0.4) is 0 Å². The SMILES string of the molecule is CCCCCCCCOc1ccc(C2=CCC(C3CCC(C4CCC(CCC)CC4)CC3)CC2)c(Cl)c1F. The maximum absolute atomic E-state index is 15.0. The highest BCUT2D eigenvalue weighted by Gasteiger charge is 2.33. The maximum atomic E-state index is 15.0. The third-order valence-corrected chi connectivity index (χ3v) is 10.7. The molecule has 0 spiro atoms. The summed E-state index contributed by atoms with van der Waals surface area (Å²) in [4.78, 5) is 0. The normalized spacial score (nSPS) is 28.2. The molecular weight excluding hydrogens is 491 g/mol. The first-order valence-corrected chi connectivity index (χ1v) is 16.8. The molecule has 1 unspecified atom stereocenters. The standard InChI is InChI=1S/C35H54ClFO/c1-3-5-6-7-8-9-25-38-33-24-23-32(34(36)35(33)37)31-21-19-30(20-22-31)29-17-15-28(16-18-29)27-13-11-26(10-4-2)12-14-27/h21,23-24,26-30H,3-20,22,25H2,1-2H3. The minimum Gasteiger partial charge on any atom is -0.490 e. The lowest BCUT2D eigenvalue weighted by molar-refractivity contribution is 0.121. The van der Waals surface area contributed by atoms with Gasteiger partial charge in [0.05, 0.1) is 11.6 Å². The van der Waals surface area contributed by atoms with Gasteiger partial charge in [0.2, 0.25) is 0 Å². The minimum atomic E-state index is -0.389. The summed E-state index contributed by atoms with van der Waals surface area (Å²) in [6.07, 6.45) is 27.4. The molecule has 1 atom stereocenters. The van der Waals surface area contributed by atoms with Crippen molar-refractivity contribution in [2.24, 2.45) is 29.6 Å². The highest BCUT2D eigenvalue weighted by Crippen LogP contribution is 2.47. The van der Waals surface area contributed by atoms with Crippen molar-refractivity contribution in [1.29, 1.82) is 0 Å². The summed E-state index contributed by atoms with van der Waals surface area (Å²) in [5.74, 6) is 4.61. The van der Waals surface area contributed by atoms with E-state index in [1.54, 1.807) is 6.07 Å². The average molecular weight is 545 g/mol. The Morgan fingerprint density at radius 3 is 2.03 bits per heavy atom. The van der Waals surface area contributed by atoms with Gasteiger partial charge in [-0.25, -0.2) is 4.39 Å². The summed E-state index contributed by atoms with van der Waals surface area (Å²) in [5, 5.41) is 0.240. The lowest BCUT2D eigenvalue weighted by Gasteiger charge is -2.40. The second-order valence-electron chi connectivity index (χ2n) is 12.9. The summed E-state index contributed by atoms with van der Waals surface area (Å²) in [5.41, 5.74) is 2.10. The third kappa shape index (κ3) is 8.25. The molecular formula is C35H54ClFO. The van der Waals surface area contributed by atoms with Gasteiger partial charge >= 0.3 is 0 Å². The van der Waals surface area contributed by atoms with E-state index in [0.717, 1.165) is 60.8 Å². The van der Waals surface area contributed by atoms with Gasteiger partial charge in [-0.05, 0) is 117 Å². The van der Waals surface area contributed by atoms with E-state index in [0.29, 0.717) is 12.4 Å². The number of benzene rings is 1. The molecule has 0 N–H and O–H groups in total. The van der Waals surface area contributed by atoms with Gasteiger partial charge in [-0.1, -0.05) is 89.3 Å². The molecule has 0 bridgehead atoms. The number of hydrogen-bond donors (Lipinski definition) is 0. The molecule has 4 rings (SSSR count). The van der Waals surface area contributed by atoms with Gasteiger partial charge in [0.15, 0.2) is 11.6 Å². The first-order chi connectivity index (χ1) is 18.6. The molecule has 1 aromatic carbocycles. The van der Waals surface area contributed by atoms with Crippen LogP contribution in [0.2, 0.25) is 5.02 Å². The molecule has 1 aromatic rings. The number of hydrogen-bond acceptors (Lipinski definition) is 1. The molecule has 0 radical (unpaired) electrons. The number of allylic oxidation sites excluding steroid dienone is 2. The van der Waals surface area contributed by atoms with Crippen LogP contribution >= 0.6 is 11.6 Å². The van der Waals surface area contributed by atoms with E-state index >= 15 is 4.39 Å². The van der Waals surface area contributed by atoms with Gasteiger partial charge in [0.1, 0.15) is 0 Å². The van der Waals surface area contributed by atoms with Crippen molar-refractivity contribution in [2.75, 3.05) is 6.61 Å². The zero-order chi connectivity index (χ0) is 26.7. The number of halogens is 2. The summed E-state index contributed by atoms with van der Waals surface area (Å²) < 4.78 is 20.8. The van der Waals surface area contributed by atoms with Crippen molar-refractivity contribution < 1.29 is 9.13 Å². The fourth-order valence-corrected chi connectivity index (χ4v) is 8.20. The van der Waals surface area contributed by atoms with Crippen LogP contribution in [0.1, 0.15) is 141 Å². The smallest absolute Gasteiger partial charge is 0.184 e. The number of ether oxygens (including phenoxy) is 1. The van der Waals surface area contributed by atoms with Gasteiger partial charge in [-0.15, -0.1) is 0 Å². The second-order valence-corrected chi connectivity index (χ2v) is 13.2. The molecule has 38 heavy (non-hydrogen) atoms. The molecule has 1 nitrogen and oxygen atoms in total. The largest absolute Gasteiger partial charge is 0.490 e. The van der Waals surface area contributed by atoms with Gasteiger partial charge in [0, 0.05) is 0 Å². The topological polar surface area (TPSA) is 9.23 Å². The van der Waals surface area contributed by atoms with Crippen molar-refractivity contribution in [3.05, 3.63) is 34.6 Å². The molecule has 2 fully saturated rings. The van der Waals surface area contributed by atoms with Crippen molar-refractivity contribution >= 4 is 17.2 Å². The molecule has 214 valence electrons. The Kier molecular flexibility index (Phi) is 12.4. The Bertz CT molecular complexity index is 863. The first kappa shape index (κ1) is 30.0. The van der Waals surface area contributed by atoms with Crippen LogP contribution < -0.4 is 4.74 Å². The van der Waals surface area contributed by atoms with Gasteiger partial charge in [-0.2, -0.15) is 0 Å². The zero-order valence-corrected chi connectivity index (χ0v) is 25.2. The van der Waals surface area contributed by atoms with E-state index in [1.807, 2.05) is 6.07 Å². The Morgan fingerprint density at radius 2 is 1.39 bits per heavy atom. The van der Waals surface area contributed by atoms with Crippen molar-refractivity contribution in [1.82, 2.24) is 0 Å². The Morgan fingerprint density at radius 1 is 0.763 bits per heavy atom. The predicted octanol–water partition coefficient (Wildman–Crippen LogP) is 11.8. The maximum Gasteiger partial charge on any atom is 0.184 e. The van der Waals surface area contributed by atoms with Crippen LogP contribution in [-0.4, -0.2) is 6.61 Å². The van der Waals surface area contributed by atoms with Gasteiger partial charge in [0.25, 0.3) is 0 Å². The van der Waals surface area contributed by atoms with Crippen molar-refractivity contribution in [2.45, 2.75) is 136 Å². The number of rotatable bonds is 13. The van der Waals surface area contributed by atoms with Gasteiger partial charge in [-0.3, -0.25) is 0 Å². The molecule has 0 heterocycles. The second kappa shape index (κ2) is 15.7. The molecule has 3 heteroatoms. The highest BCUT2D eigenvalue weighted by atomic mass is 35.5. The van der Waals surface area contributed by atoms with E-state index in [9.17, 15) is 0 Å². The van der Waals surface area contributed by atoms with Crippen molar-refractivity contribution in [3.8, 4) is 5.75 Å². The van der Waals surface area contributed by atoms with E-state index in [2.05, 4.69) is 19.9 Å². The monoisotopic (exact) mass is 544 g/mol. The third-order valence-electron chi connectivity index (χ3n) is 10.3. The summed E-state index contributed by atoms with van der Waals surface area (Å²) in [6, 6.07) is 3.77. The summed E-state index contributed by atoms with van der Waals surface area (Å²) >= 11 is 6.53. The summed E-state index contributed by atoms with van der Waals surface area (Å²) in [7, 11) is 0. The van der Waals surface area contributed by atoms with E-state index < -0.39 is 0 Å². The average Bonchev–Trinajstić information content (AvgIpc) is 2.96. The Balaban J connectivity index is 1.21. The quantitative estimate of drug-likeness (QED) is 0.224. The van der Waals surface area contributed by atoms with Crippen LogP contribution in [0, 0.1) is 35.4 Å². The summed E-state index contributed by atoms with van der Waals surface area (Å²) in [6.45, 7) is 5.13. The lowest BCUT2D eigenvalue weighted by atomic mass is 9.65. The number of unbranched alkanes of at least 4 members (excludes halogenated alkanes) is 5. The molecule has 0 aromatic heterocycles. The molecule has 0 amide bonds. The Labute approximate surface area is 238 Å². The van der Waals surface area contributed by atoms with E-state index in [-0.39, 0.29) is 10.8 Å². The van der Waals surface area contributed by atoms with E-state index in [1.165, 1.54) is 102 Å². The highest BCUT2D eigenvalue weighted by molar-refractivity contribution is 6.32. The molecule has 3 aliphatic rings. The van der Waals surface area contributed by atoms with Crippen LogP contribution in [0.4, 0.5) is 4.39 Å².